The summed E-state index contributed by atoms with van der Waals surface area (Å²) in [5.74, 6) is 1.11. The summed E-state index contributed by atoms with van der Waals surface area (Å²) in [6, 6.07) is 2.11. The molecule has 1 amide bonds. The van der Waals surface area contributed by atoms with Gasteiger partial charge in [-0.1, -0.05) is 11.6 Å². The molecule has 1 saturated carbocycles. The maximum Gasteiger partial charge on any atom is 0.263 e. The number of hydrogen-bond donors (Lipinski definition) is 2. The first kappa shape index (κ1) is 21.8. The van der Waals surface area contributed by atoms with Gasteiger partial charge < -0.3 is 15.5 Å². The Morgan fingerprint density at radius 2 is 1.90 bits per heavy atom. The second-order valence-electron chi connectivity index (χ2n) is 7.31. The Bertz CT molecular complexity index is 985. The molecule has 0 bridgehead atoms. The third-order valence-corrected chi connectivity index (χ3v) is 7.67. The van der Waals surface area contributed by atoms with Crippen LogP contribution in [0.15, 0.2) is 22.5 Å². The SMILES string of the molecule is CN(C)c1ccnc(N[C@H]2CC[C@@H](NC(=O)c3scc(S(C)(=O)=O)c3Cl)CC2)n1. The largest absolute Gasteiger partial charge is 0.363 e. The number of sulfone groups is 1. The molecule has 1 aliphatic carbocycles. The van der Waals surface area contributed by atoms with Crippen LogP contribution in [0.3, 0.4) is 0 Å². The van der Waals surface area contributed by atoms with E-state index in [9.17, 15) is 13.2 Å². The molecule has 1 fully saturated rings. The van der Waals surface area contributed by atoms with Crippen molar-refractivity contribution in [3.8, 4) is 0 Å². The topological polar surface area (TPSA) is 104 Å². The van der Waals surface area contributed by atoms with Crippen molar-refractivity contribution in [3.63, 3.8) is 0 Å². The molecule has 8 nitrogen and oxygen atoms in total. The summed E-state index contributed by atoms with van der Waals surface area (Å²) < 4.78 is 23.4. The molecule has 158 valence electrons. The molecule has 0 unspecified atom stereocenters. The highest BCUT2D eigenvalue weighted by atomic mass is 35.5. The van der Waals surface area contributed by atoms with Crippen LogP contribution in [0.1, 0.15) is 35.4 Å². The van der Waals surface area contributed by atoms with Gasteiger partial charge in [-0.25, -0.2) is 13.4 Å². The van der Waals surface area contributed by atoms with E-state index in [1.54, 1.807) is 6.20 Å². The zero-order chi connectivity index (χ0) is 21.2. The molecule has 2 aromatic rings. The number of hydrogen-bond acceptors (Lipinski definition) is 8. The van der Waals surface area contributed by atoms with Crippen LogP contribution in [0.5, 0.6) is 0 Å². The van der Waals surface area contributed by atoms with Crippen molar-refractivity contribution in [2.75, 3.05) is 30.6 Å². The van der Waals surface area contributed by atoms with E-state index in [0.717, 1.165) is 49.1 Å². The minimum Gasteiger partial charge on any atom is -0.363 e. The number of halogens is 1. The van der Waals surface area contributed by atoms with Crippen molar-refractivity contribution in [1.29, 1.82) is 0 Å². The van der Waals surface area contributed by atoms with Crippen LogP contribution in [-0.2, 0) is 9.84 Å². The number of amides is 1. The van der Waals surface area contributed by atoms with Crippen LogP contribution in [-0.4, -0.2) is 56.7 Å². The number of carbonyl (C=O) groups excluding carboxylic acids is 1. The fourth-order valence-electron chi connectivity index (χ4n) is 3.21. The number of nitrogens with one attached hydrogen (secondary N) is 2. The molecule has 0 spiro atoms. The Hall–Kier alpha value is -1.91. The zero-order valence-corrected chi connectivity index (χ0v) is 18.9. The second kappa shape index (κ2) is 8.85. The molecule has 0 saturated heterocycles. The second-order valence-corrected chi connectivity index (χ2v) is 10.6. The van der Waals surface area contributed by atoms with Crippen molar-refractivity contribution in [2.24, 2.45) is 0 Å². The van der Waals surface area contributed by atoms with E-state index in [4.69, 9.17) is 11.6 Å². The van der Waals surface area contributed by atoms with Crippen molar-refractivity contribution in [2.45, 2.75) is 42.7 Å². The number of thiophene rings is 1. The zero-order valence-electron chi connectivity index (χ0n) is 16.5. The molecule has 0 aliphatic heterocycles. The number of anilines is 2. The van der Waals surface area contributed by atoms with Gasteiger partial charge in [0.1, 0.15) is 10.7 Å². The highest BCUT2D eigenvalue weighted by Crippen LogP contribution is 2.32. The molecule has 11 heteroatoms. The van der Waals surface area contributed by atoms with Crippen molar-refractivity contribution in [1.82, 2.24) is 15.3 Å². The van der Waals surface area contributed by atoms with Crippen molar-refractivity contribution >= 4 is 50.4 Å². The summed E-state index contributed by atoms with van der Waals surface area (Å²) in [6.45, 7) is 0. The normalized spacial score (nSPS) is 19.6. The van der Waals surface area contributed by atoms with Gasteiger partial charge in [0.2, 0.25) is 5.95 Å². The Morgan fingerprint density at radius 3 is 2.48 bits per heavy atom. The summed E-state index contributed by atoms with van der Waals surface area (Å²) >= 11 is 7.16. The summed E-state index contributed by atoms with van der Waals surface area (Å²) in [4.78, 5) is 23.4. The quantitative estimate of drug-likeness (QED) is 0.687. The Balaban J connectivity index is 1.54. The van der Waals surface area contributed by atoms with E-state index in [1.165, 1.54) is 5.38 Å². The Labute approximate surface area is 179 Å². The minimum absolute atomic E-state index is 0.00202. The van der Waals surface area contributed by atoms with Crippen LogP contribution in [0.2, 0.25) is 5.02 Å². The average molecular weight is 458 g/mol. The van der Waals surface area contributed by atoms with Crippen molar-refractivity contribution in [3.05, 3.63) is 27.5 Å². The molecule has 0 radical (unpaired) electrons. The molecule has 0 aromatic carbocycles. The molecule has 29 heavy (non-hydrogen) atoms. The van der Waals surface area contributed by atoms with Gasteiger partial charge in [0.15, 0.2) is 9.84 Å². The number of aromatic nitrogens is 2. The lowest BCUT2D eigenvalue weighted by atomic mass is 9.91. The monoisotopic (exact) mass is 457 g/mol. The van der Waals surface area contributed by atoms with E-state index in [-0.39, 0.29) is 32.8 Å². The first-order valence-electron chi connectivity index (χ1n) is 9.20. The summed E-state index contributed by atoms with van der Waals surface area (Å²) in [5.41, 5.74) is 0. The first-order valence-corrected chi connectivity index (χ1v) is 12.3. The molecule has 2 aromatic heterocycles. The molecule has 0 atom stereocenters. The molecular formula is C18H24ClN5O3S2. The smallest absolute Gasteiger partial charge is 0.263 e. The maximum atomic E-state index is 12.5. The number of rotatable bonds is 6. The van der Waals surface area contributed by atoms with Crippen LogP contribution < -0.4 is 15.5 Å². The van der Waals surface area contributed by atoms with E-state index in [0.29, 0.717) is 5.95 Å². The molecule has 2 heterocycles. The summed E-state index contributed by atoms with van der Waals surface area (Å²) in [6.07, 6.45) is 6.15. The highest BCUT2D eigenvalue weighted by molar-refractivity contribution is 7.91. The Kier molecular flexibility index (Phi) is 6.65. The molecule has 2 N–H and O–H groups in total. The maximum absolute atomic E-state index is 12.5. The predicted molar refractivity (Wildman–Crippen MR) is 116 cm³/mol. The van der Waals surface area contributed by atoms with Gasteiger partial charge in [-0.2, -0.15) is 4.98 Å². The van der Waals surface area contributed by atoms with E-state index in [2.05, 4.69) is 20.6 Å². The standard InChI is InChI=1S/C18H24ClN5O3S2/c1-24(2)14-8-9-20-18(23-14)22-12-6-4-11(5-7-12)21-17(25)16-15(19)13(10-28-16)29(3,26)27/h8-12H,4-7H2,1-3H3,(H,21,25)(H,20,22,23)/t11-,12+. The third-order valence-electron chi connectivity index (χ3n) is 4.80. The Morgan fingerprint density at radius 1 is 1.24 bits per heavy atom. The van der Waals surface area contributed by atoms with Gasteiger partial charge in [0, 0.05) is 44.0 Å². The van der Waals surface area contributed by atoms with Crippen LogP contribution >= 0.6 is 22.9 Å². The fraction of sp³-hybridized carbons (Fsp3) is 0.500. The van der Waals surface area contributed by atoms with E-state index >= 15 is 0 Å². The first-order chi connectivity index (χ1) is 13.6. The third kappa shape index (κ3) is 5.37. The van der Waals surface area contributed by atoms with E-state index in [1.807, 2.05) is 25.1 Å². The predicted octanol–water partition coefficient (Wildman–Crippen LogP) is 2.81. The summed E-state index contributed by atoms with van der Waals surface area (Å²) in [7, 11) is 0.409. The van der Waals surface area contributed by atoms with Crippen LogP contribution in [0.25, 0.3) is 0 Å². The van der Waals surface area contributed by atoms with Gasteiger partial charge in [-0.3, -0.25) is 4.79 Å². The average Bonchev–Trinajstić information content (AvgIpc) is 3.05. The van der Waals surface area contributed by atoms with Crippen molar-refractivity contribution < 1.29 is 13.2 Å². The summed E-state index contributed by atoms with van der Waals surface area (Å²) in [5, 5.41) is 7.75. The van der Waals surface area contributed by atoms with Gasteiger partial charge in [-0.05, 0) is 31.7 Å². The lowest BCUT2D eigenvalue weighted by Gasteiger charge is -2.29. The van der Waals surface area contributed by atoms with Gasteiger partial charge >= 0.3 is 0 Å². The van der Waals surface area contributed by atoms with Gasteiger partial charge in [-0.15, -0.1) is 11.3 Å². The highest BCUT2D eigenvalue weighted by Gasteiger charge is 2.26. The minimum atomic E-state index is -3.45. The lowest BCUT2D eigenvalue weighted by molar-refractivity contribution is 0.0930. The molecular weight excluding hydrogens is 434 g/mol. The molecule has 3 rings (SSSR count). The number of carbonyl (C=O) groups is 1. The molecule has 1 aliphatic rings. The van der Waals surface area contributed by atoms with E-state index < -0.39 is 9.84 Å². The van der Waals surface area contributed by atoms with Crippen LogP contribution in [0, 0.1) is 0 Å². The fourth-order valence-corrected chi connectivity index (χ4v) is 6.03. The number of nitrogens with zero attached hydrogens (tertiary/aromatic N) is 3. The lowest BCUT2D eigenvalue weighted by Crippen LogP contribution is -2.40. The van der Waals surface area contributed by atoms with Crippen LogP contribution in [0.4, 0.5) is 11.8 Å². The van der Waals surface area contributed by atoms with Gasteiger partial charge in [0.05, 0.1) is 9.92 Å². The van der Waals surface area contributed by atoms with Gasteiger partial charge in [0.25, 0.3) is 5.91 Å².